The Balaban J connectivity index is 1.75. The minimum Gasteiger partial charge on any atom is -0.379 e. The van der Waals surface area contributed by atoms with Crippen LogP contribution in [0.2, 0.25) is 0 Å². The van der Waals surface area contributed by atoms with Gasteiger partial charge in [0.15, 0.2) is 0 Å². The summed E-state index contributed by atoms with van der Waals surface area (Å²) in [7, 11) is 0. The van der Waals surface area contributed by atoms with Gasteiger partial charge in [-0.05, 0) is 50.9 Å². The molecule has 1 heterocycles. The van der Waals surface area contributed by atoms with Crippen LogP contribution in [-0.2, 0) is 11.2 Å². The van der Waals surface area contributed by atoms with Crippen LogP contribution in [0, 0.1) is 0 Å². The van der Waals surface area contributed by atoms with Gasteiger partial charge in [-0.2, -0.15) is 0 Å². The Morgan fingerprint density at radius 2 is 1.70 bits per heavy atom. The van der Waals surface area contributed by atoms with E-state index >= 15 is 0 Å². The lowest BCUT2D eigenvalue weighted by Crippen LogP contribution is -2.36. The minimum atomic E-state index is 0.901. The van der Waals surface area contributed by atoms with E-state index in [0.717, 1.165) is 39.4 Å². The molecule has 2 rings (SSSR count). The molecular weight excluding hydrogens is 248 g/mol. The van der Waals surface area contributed by atoms with Crippen LogP contribution in [0.25, 0.3) is 0 Å². The topological polar surface area (TPSA) is 15.7 Å². The summed E-state index contributed by atoms with van der Waals surface area (Å²) < 4.78 is 5.37. The first-order chi connectivity index (χ1) is 9.83. The van der Waals surface area contributed by atoms with E-state index in [1.165, 1.54) is 30.6 Å². The van der Waals surface area contributed by atoms with Gasteiger partial charge in [0, 0.05) is 31.9 Å². The van der Waals surface area contributed by atoms with Crippen LogP contribution in [0.15, 0.2) is 24.3 Å². The van der Waals surface area contributed by atoms with Crippen molar-refractivity contribution in [2.24, 2.45) is 0 Å². The summed E-state index contributed by atoms with van der Waals surface area (Å²) in [5, 5.41) is 0. The number of benzene rings is 1. The number of morpholine rings is 1. The molecule has 112 valence electrons. The molecule has 0 spiro atoms. The maximum absolute atomic E-state index is 5.37. The molecule has 1 aromatic rings. The van der Waals surface area contributed by atoms with Gasteiger partial charge in [-0.1, -0.05) is 12.1 Å². The Labute approximate surface area is 123 Å². The van der Waals surface area contributed by atoms with Gasteiger partial charge in [-0.3, -0.25) is 4.90 Å². The minimum absolute atomic E-state index is 0.901. The van der Waals surface area contributed by atoms with E-state index in [1.54, 1.807) is 0 Å². The fourth-order valence-corrected chi connectivity index (χ4v) is 2.79. The lowest BCUT2D eigenvalue weighted by molar-refractivity contribution is 0.0375. The Morgan fingerprint density at radius 1 is 1.05 bits per heavy atom. The number of rotatable bonds is 7. The fourth-order valence-electron chi connectivity index (χ4n) is 2.79. The van der Waals surface area contributed by atoms with Crippen LogP contribution in [0.3, 0.4) is 0 Å². The van der Waals surface area contributed by atoms with Gasteiger partial charge in [-0.25, -0.2) is 0 Å². The van der Waals surface area contributed by atoms with Crippen molar-refractivity contribution in [2.75, 3.05) is 50.8 Å². The fraction of sp³-hybridized carbons (Fsp3) is 0.647. The average molecular weight is 276 g/mol. The van der Waals surface area contributed by atoms with E-state index in [9.17, 15) is 0 Å². The zero-order valence-corrected chi connectivity index (χ0v) is 13.0. The lowest BCUT2D eigenvalue weighted by Gasteiger charge is -2.26. The monoisotopic (exact) mass is 276 g/mol. The zero-order valence-electron chi connectivity index (χ0n) is 13.0. The molecule has 1 aliphatic rings. The molecule has 0 amide bonds. The third-order valence-corrected chi connectivity index (χ3v) is 4.11. The van der Waals surface area contributed by atoms with Crippen molar-refractivity contribution in [3.8, 4) is 0 Å². The molecule has 0 radical (unpaired) electrons. The molecule has 0 aromatic heterocycles. The normalized spacial score (nSPS) is 16.3. The van der Waals surface area contributed by atoms with E-state index in [-0.39, 0.29) is 0 Å². The van der Waals surface area contributed by atoms with Crippen LogP contribution in [0.4, 0.5) is 5.69 Å². The van der Waals surface area contributed by atoms with Gasteiger partial charge >= 0.3 is 0 Å². The van der Waals surface area contributed by atoms with Crippen LogP contribution >= 0.6 is 0 Å². The van der Waals surface area contributed by atoms with Crippen molar-refractivity contribution in [2.45, 2.75) is 26.7 Å². The summed E-state index contributed by atoms with van der Waals surface area (Å²) in [5.41, 5.74) is 2.79. The van der Waals surface area contributed by atoms with Crippen LogP contribution < -0.4 is 4.90 Å². The Kier molecular flexibility index (Phi) is 6.34. The van der Waals surface area contributed by atoms with Gasteiger partial charge in [0.25, 0.3) is 0 Å². The third-order valence-electron chi connectivity index (χ3n) is 4.11. The molecule has 1 fully saturated rings. The van der Waals surface area contributed by atoms with Gasteiger partial charge in [-0.15, -0.1) is 0 Å². The number of hydrogen-bond donors (Lipinski definition) is 0. The highest BCUT2D eigenvalue weighted by atomic mass is 16.5. The third kappa shape index (κ3) is 4.50. The molecule has 20 heavy (non-hydrogen) atoms. The number of aryl methyl sites for hydroxylation is 1. The van der Waals surface area contributed by atoms with E-state index in [0.29, 0.717) is 0 Å². The SMILES string of the molecule is CCN(CC)c1ccc(CCCN2CCOCC2)cc1. The number of ether oxygens (including phenoxy) is 1. The van der Waals surface area contributed by atoms with Crippen molar-refractivity contribution in [1.82, 2.24) is 4.90 Å². The van der Waals surface area contributed by atoms with Gasteiger partial charge in [0.2, 0.25) is 0 Å². The van der Waals surface area contributed by atoms with E-state index in [1.807, 2.05) is 0 Å². The molecule has 0 saturated carbocycles. The molecule has 0 atom stereocenters. The summed E-state index contributed by atoms with van der Waals surface area (Å²) in [6.45, 7) is 11.8. The molecule has 1 aliphatic heterocycles. The molecule has 0 N–H and O–H groups in total. The highest BCUT2D eigenvalue weighted by Gasteiger charge is 2.09. The molecule has 0 aliphatic carbocycles. The first-order valence-electron chi connectivity index (χ1n) is 7.97. The molecule has 3 nitrogen and oxygen atoms in total. The predicted molar refractivity (Wildman–Crippen MR) is 85.6 cm³/mol. The zero-order chi connectivity index (χ0) is 14.2. The summed E-state index contributed by atoms with van der Waals surface area (Å²) >= 11 is 0. The van der Waals surface area contributed by atoms with Crippen LogP contribution in [-0.4, -0.2) is 50.8 Å². The highest BCUT2D eigenvalue weighted by molar-refractivity contribution is 5.47. The van der Waals surface area contributed by atoms with Crippen molar-refractivity contribution in [1.29, 1.82) is 0 Å². The summed E-state index contributed by atoms with van der Waals surface area (Å²) in [4.78, 5) is 4.89. The Hall–Kier alpha value is -1.06. The number of nitrogens with zero attached hydrogens (tertiary/aromatic N) is 2. The predicted octanol–water partition coefficient (Wildman–Crippen LogP) is 2.80. The molecular formula is C17H28N2O. The van der Waals surface area contributed by atoms with Gasteiger partial charge in [0.1, 0.15) is 0 Å². The molecule has 3 heteroatoms. The second-order valence-corrected chi connectivity index (χ2v) is 5.40. The van der Waals surface area contributed by atoms with Crippen LogP contribution in [0.5, 0.6) is 0 Å². The van der Waals surface area contributed by atoms with Crippen LogP contribution in [0.1, 0.15) is 25.8 Å². The summed E-state index contributed by atoms with van der Waals surface area (Å²) in [6.07, 6.45) is 2.42. The van der Waals surface area contributed by atoms with Crippen molar-refractivity contribution in [3.05, 3.63) is 29.8 Å². The molecule has 1 saturated heterocycles. The summed E-state index contributed by atoms with van der Waals surface area (Å²) in [5.74, 6) is 0. The number of hydrogen-bond acceptors (Lipinski definition) is 3. The van der Waals surface area contributed by atoms with Crippen molar-refractivity contribution in [3.63, 3.8) is 0 Å². The molecule has 0 unspecified atom stereocenters. The van der Waals surface area contributed by atoms with Crippen molar-refractivity contribution < 1.29 is 4.74 Å². The second kappa shape index (κ2) is 8.28. The smallest absolute Gasteiger partial charge is 0.0594 e. The highest BCUT2D eigenvalue weighted by Crippen LogP contribution is 2.16. The Morgan fingerprint density at radius 3 is 2.30 bits per heavy atom. The first kappa shape index (κ1) is 15.3. The maximum atomic E-state index is 5.37. The maximum Gasteiger partial charge on any atom is 0.0594 e. The van der Waals surface area contributed by atoms with E-state index < -0.39 is 0 Å². The second-order valence-electron chi connectivity index (χ2n) is 5.40. The van der Waals surface area contributed by atoms with Gasteiger partial charge in [0.05, 0.1) is 13.2 Å². The standard InChI is InChI=1S/C17H28N2O/c1-3-19(4-2)17-9-7-16(8-10-17)6-5-11-18-12-14-20-15-13-18/h7-10H,3-6,11-15H2,1-2H3. The Bertz CT molecular complexity index is 367. The average Bonchev–Trinajstić information content (AvgIpc) is 2.51. The molecule has 0 bridgehead atoms. The van der Waals surface area contributed by atoms with Gasteiger partial charge < -0.3 is 9.64 Å². The van der Waals surface area contributed by atoms with Crippen molar-refractivity contribution >= 4 is 5.69 Å². The summed E-state index contributed by atoms with van der Waals surface area (Å²) in [6, 6.07) is 9.09. The van der Waals surface area contributed by atoms with E-state index in [2.05, 4.69) is 47.9 Å². The number of anilines is 1. The first-order valence-corrected chi connectivity index (χ1v) is 7.97. The lowest BCUT2D eigenvalue weighted by atomic mass is 10.1. The molecule has 1 aromatic carbocycles. The quantitative estimate of drug-likeness (QED) is 0.761. The largest absolute Gasteiger partial charge is 0.379 e. The van der Waals surface area contributed by atoms with E-state index in [4.69, 9.17) is 4.74 Å².